The van der Waals surface area contributed by atoms with Crippen LogP contribution in [0.1, 0.15) is 34.2 Å². The summed E-state index contributed by atoms with van der Waals surface area (Å²) >= 11 is 0. The number of ether oxygens (including phenoxy) is 1. The molecule has 1 aromatic heterocycles. The first-order valence-electron chi connectivity index (χ1n) is 6.58. The van der Waals surface area contributed by atoms with Gasteiger partial charge in [0.25, 0.3) is 0 Å². The number of benzene rings is 1. The Morgan fingerprint density at radius 1 is 1.30 bits per heavy atom. The van der Waals surface area contributed by atoms with Crippen LogP contribution in [0.3, 0.4) is 0 Å². The summed E-state index contributed by atoms with van der Waals surface area (Å²) in [6, 6.07) is 7.15. The standard InChI is InChI=1S/C16H18N2O2/c1-4-20-14-7-5-13(6-8-14)16(19)10-9-15-11(2)17-18-12(15)3/h5-10H,4H2,1-3H3,(H,17,18)/b10-9+. The second-order valence-electron chi connectivity index (χ2n) is 4.50. The maximum Gasteiger partial charge on any atom is 0.185 e. The molecule has 4 nitrogen and oxygen atoms in total. The van der Waals surface area contributed by atoms with Gasteiger partial charge < -0.3 is 4.74 Å². The predicted molar refractivity (Wildman–Crippen MR) is 79.0 cm³/mol. The van der Waals surface area contributed by atoms with Gasteiger partial charge >= 0.3 is 0 Å². The summed E-state index contributed by atoms with van der Waals surface area (Å²) in [5, 5.41) is 6.99. The van der Waals surface area contributed by atoms with Crippen LogP contribution in [-0.2, 0) is 0 Å². The van der Waals surface area contributed by atoms with Crippen LogP contribution < -0.4 is 4.74 Å². The van der Waals surface area contributed by atoms with Crippen molar-refractivity contribution >= 4 is 11.9 Å². The summed E-state index contributed by atoms with van der Waals surface area (Å²) in [6.45, 7) is 6.38. The van der Waals surface area contributed by atoms with Gasteiger partial charge in [-0.25, -0.2) is 0 Å². The number of carbonyl (C=O) groups excluding carboxylic acids is 1. The highest BCUT2D eigenvalue weighted by atomic mass is 16.5. The number of carbonyl (C=O) groups is 1. The molecule has 0 aliphatic carbocycles. The third kappa shape index (κ3) is 3.15. The lowest BCUT2D eigenvalue weighted by Gasteiger charge is -2.02. The lowest BCUT2D eigenvalue weighted by molar-refractivity contribution is 0.104. The van der Waals surface area contributed by atoms with Crippen molar-refractivity contribution in [1.82, 2.24) is 10.2 Å². The number of allylic oxidation sites excluding steroid dienone is 1. The third-order valence-corrected chi connectivity index (χ3v) is 3.04. The van der Waals surface area contributed by atoms with Gasteiger partial charge in [0.05, 0.1) is 12.3 Å². The third-order valence-electron chi connectivity index (χ3n) is 3.04. The van der Waals surface area contributed by atoms with Gasteiger partial charge in [-0.1, -0.05) is 0 Å². The van der Waals surface area contributed by atoms with Gasteiger partial charge in [0, 0.05) is 16.8 Å². The van der Waals surface area contributed by atoms with Crippen molar-refractivity contribution in [2.24, 2.45) is 0 Å². The lowest BCUT2D eigenvalue weighted by atomic mass is 10.1. The van der Waals surface area contributed by atoms with E-state index in [1.54, 1.807) is 36.4 Å². The van der Waals surface area contributed by atoms with Crippen LogP contribution in [0.15, 0.2) is 30.3 Å². The van der Waals surface area contributed by atoms with E-state index in [-0.39, 0.29) is 5.78 Å². The Morgan fingerprint density at radius 2 is 2.00 bits per heavy atom. The lowest BCUT2D eigenvalue weighted by Crippen LogP contribution is -1.96. The number of ketones is 1. The van der Waals surface area contributed by atoms with E-state index in [0.717, 1.165) is 22.7 Å². The van der Waals surface area contributed by atoms with E-state index in [0.29, 0.717) is 12.2 Å². The predicted octanol–water partition coefficient (Wildman–Crippen LogP) is 3.32. The SMILES string of the molecule is CCOc1ccc(C(=O)/C=C/c2c(C)n[nH]c2C)cc1. The molecule has 1 aromatic carbocycles. The minimum absolute atomic E-state index is 0.0342. The zero-order valence-electron chi connectivity index (χ0n) is 11.9. The molecule has 0 aliphatic rings. The summed E-state index contributed by atoms with van der Waals surface area (Å²) < 4.78 is 5.35. The van der Waals surface area contributed by atoms with Crippen molar-refractivity contribution < 1.29 is 9.53 Å². The van der Waals surface area contributed by atoms with E-state index in [1.807, 2.05) is 20.8 Å². The molecule has 0 radical (unpaired) electrons. The van der Waals surface area contributed by atoms with Gasteiger partial charge in [-0.3, -0.25) is 9.89 Å². The molecule has 2 rings (SSSR count). The fourth-order valence-corrected chi connectivity index (χ4v) is 1.94. The number of H-pyrrole nitrogens is 1. The van der Waals surface area contributed by atoms with E-state index < -0.39 is 0 Å². The summed E-state index contributed by atoms with van der Waals surface area (Å²) in [5.74, 6) is 0.739. The normalized spacial score (nSPS) is 10.9. The summed E-state index contributed by atoms with van der Waals surface area (Å²) in [7, 11) is 0. The zero-order chi connectivity index (χ0) is 14.5. The molecule has 2 aromatic rings. The minimum Gasteiger partial charge on any atom is -0.494 e. The first kappa shape index (κ1) is 14.1. The molecule has 1 N–H and O–H groups in total. The minimum atomic E-state index is -0.0342. The summed E-state index contributed by atoms with van der Waals surface area (Å²) in [5.41, 5.74) is 3.45. The monoisotopic (exact) mass is 270 g/mol. The Hall–Kier alpha value is -2.36. The van der Waals surface area contributed by atoms with Crippen LogP contribution in [0.5, 0.6) is 5.75 Å². The quantitative estimate of drug-likeness (QED) is 0.669. The van der Waals surface area contributed by atoms with Gasteiger partial charge in [0.15, 0.2) is 5.78 Å². The number of aryl methyl sites for hydroxylation is 2. The van der Waals surface area contributed by atoms with Gasteiger partial charge in [0.2, 0.25) is 0 Å². The fraction of sp³-hybridized carbons (Fsp3) is 0.250. The topological polar surface area (TPSA) is 55.0 Å². The molecule has 0 saturated carbocycles. The molecule has 0 aliphatic heterocycles. The second kappa shape index (κ2) is 6.19. The number of rotatable bonds is 5. The van der Waals surface area contributed by atoms with Gasteiger partial charge in [-0.05, 0) is 57.2 Å². The van der Waals surface area contributed by atoms with Crippen molar-refractivity contribution in [1.29, 1.82) is 0 Å². The average molecular weight is 270 g/mol. The summed E-state index contributed by atoms with van der Waals surface area (Å²) in [4.78, 5) is 12.1. The van der Waals surface area contributed by atoms with Gasteiger partial charge in [0.1, 0.15) is 5.75 Å². The molecule has 104 valence electrons. The summed E-state index contributed by atoms with van der Waals surface area (Å²) in [6.07, 6.45) is 3.37. The molecular weight excluding hydrogens is 252 g/mol. The Bertz CT molecular complexity index is 605. The first-order chi connectivity index (χ1) is 9.61. The maximum atomic E-state index is 12.1. The Kier molecular flexibility index (Phi) is 4.35. The molecular formula is C16H18N2O2. The number of hydrogen-bond donors (Lipinski definition) is 1. The first-order valence-corrected chi connectivity index (χ1v) is 6.58. The smallest absolute Gasteiger partial charge is 0.185 e. The highest BCUT2D eigenvalue weighted by molar-refractivity contribution is 6.06. The molecule has 0 atom stereocenters. The van der Waals surface area contributed by atoms with Gasteiger partial charge in [-0.15, -0.1) is 0 Å². The fourth-order valence-electron chi connectivity index (χ4n) is 1.94. The van der Waals surface area contributed by atoms with Crippen LogP contribution in [-0.4, -0.2) is 22.6 Å². The van der Waals surface area contributed by atoms with E-state index in [1.165, 1.54) is 0 Å². The largest absolute Gasteiger partial charge is 0.494 e. The zero-order valence-corrected chi connectivity index (χ0v) is 11.9. The van der Waals surface area contributed by atoms with E-state index >= 15 is 0 Å². The van der Waals surface area contributed by atoms with E-state index in [2.05, 4.69) is 10.2 Å². The number of hydrogen-bond acceptors (Lipinski definition) is 3. The maximum absolute atomic E-state index is 12.1. The van der Waals surface area contributed by atoms with Gasteiger partial charge in [-0.2, -0.15) is 5.10 Å². The van der Waals surface area contributed by atoms with Crippen molar-refractivity contribution in [3.63, 3.8) is 0 Å². The van der Waals surface area contributed by atoms with Crippen molar-refractivity contribution in [2.75, 3.05) is 6.61 Å². The molecule has 0 spiro atoms. The Labute approximate surface area is 118 Å². The van der Waals surface area contributed by atoms with Crippen molar-refractivity contribution in [3.8, 4) is 5.75 Å². The van der Waals surface area contributed by atoms with E-state index in [9.17, 15) is 4.79 Å². The van der Waals surface area contributed by atoms with Crippen molar-refractivity contribution in [3.05, 3.63) is 52.9 Å². The molecule has 0 bridgehead atoms. The molecule has 4 heteroatoms. The molecule has 20 heavy (non-hydrogen) atoms. The van der Waals surface area contributed by atoms with Crippen molar-refractivity contribution in [2.45, 2.75) is 20.8 Å². The van der Waals surface area contributed by atoms with Crippen LogP contribution in [0.2, 0.25) is 0 Å². The number of nitrogens with zero attached hydrogens (tertiary/aromatic N) is 1. The van der Waals surface area contributed by atoms with E-state index in [4.69, 9.17) is 4.74 Å². The molecule has 0 unspecified atom stereocenters. The molecule has 0 fully saturated rings. The van der Waals surface area contributed by atoms with Crippen LogP contribution >= 0.6 is 0 Å². The average Bonchev–Trinajstić information content (AvgIpc) is 2.77. The van der Waals surface area contributed by atoms with Crippen LogP contribution in [0.25, 0.3) is 6.08 Å². The highest BCUT2D eigenvalue weighted by Gasteiger charge is 2.05. The second-order valence-corrected chi connectivity index (χ2v) is 4.50. The molecule has 0 amide bonds. The number of aromatic nitrogens is 2. The van der Waals surface area contributed by atoms with Crippen LogP contribution in [0.4, 0.5) is 0 Å². The highest BCUT2D eigenvalue weighted by Crippen LogP contribution is 2.15. The van der Waals surface area contributed by atoms with Crippen LogP contribution in [0, 0.1) is 13.8 Å². The molecule has 1 heterocycles. The Balaban J connectivity index is 2.12. The number of nitrogens with one attached hydrogen (secondary N) is 1. The number of aromatic amines is 1. The molecule has 0 saturated heterocycles. The Morgan fingerprint density at radius 3 is 2.55 bits per heavy atom.